The summed E-state index contributed by atoms with van der Waals surface area (Å²) in [6.07, 6.45) is 3.93. The predicted molar refractivity (Wildman–Crippen MR) is 55.9 cm³/mol. The van der Waals surface area contributed by atoms with Crippen LogP contribution in [0, 0.1) is 11.8 Å². The van der Waals surface area contributed by atoms with Crippen molar-refractivity contribution in [1.82, 2.24) is 15.2 Å². The Kier molecular flexibility index (Phi) is 2.19. The zero-order valence-corrected chi connectivity index (χ0v) is 9.27. The van der Waals surface area contributed by atoms with Gasteiger partial charge in [0.05, 0.1) is 6.61 Å². The molecule has 3 rings (SSSR count). The van der Waals surface area contributed by atoms with Gasteiger partial charge < -0.3 is 4.74 Å². The molecule has 1 N–H and O–H groups in total. The molecule has 16 heavy (non-hydrogen) atoms. The molecular formula is C11H15N3O2. The summed E-state index contributed by atoms with van der Waals surface area (Å²) in [5, 5.41) is 6.79. The molecule has 2 unspecified atom stereocenters. The first-order valence-corrected chi connectivity index (χ1v) is 5.90. The summed E-state index contributed by atoms with van der Waals surface area (Å²) >= 11 is 0. The number of carbonyl (C=O) groups is 1. The van der Waals surface area contributed by atoms with Crippen LogP contribution in [-0.4, -0.2) is 27.8 Å². The molecule has 2 fully saturated rings. The Morgan fingerprint density at radius 2 is 2.25 bits per heavy atom. The van der Waals surface area contributed by atoms with Gasteiger partial charge in [-0.15, -0.1) is 5.10 Å². The van der Waals surface area contributed by atoms with Gasteiger partial charge in [0.1, 0.15) is 5.82 Å². The summed E-state index contributed by atoms with van der Waals surface area (Å²) in [4.78, 5) is 15.6. The minimum absolute atomic E-state index is 0.168. The second kappa shape index (κ2) is 3.57. The second-order valence-corrected chi connectivity index (χ2v) is 4.55. The van der Waals surface area contributed by atoms with Crippen LogP contribution in [0.5, 0.6) is 0 Å². The number of fused-ring (bicyclic) bond motifs is 1. The van der Waals surface area contributed by atoms with E-state index in [4.69, 9.17) is 4.74 Å². The number of hydrogen-bond acceptors (Lipinski definition) is 4. The lowest BCUT2D eigenvalue weighted by atomic mass is 10.1. The van der Waals surface area contributed by atoms with Crippen molar-refractivity contribution >= 4 is 5.97 Å². The number of nitrogens with zero attached hydrogens (tertiary/aromatic N) is 2. The molecule has 5 heteroatoms. The Balaban J connectivity index is 1.71. The van der Waals surface area contributed by atoms with Crippen molar-refractivity contribution in [2.45, 2.75) is 32.1 Å². The number of carbonyl (C=O) groups excluding carboxylic acids is 1. The zero-order chi connectivity index (χ0) is 11.1. The summed E-state index contributed by atoms with van der Waals surface area (Å²) in [5.74, 6) is 2.69. The van der Waals surface area contributed by atoms with Gasteiger partial charge in [0.15, 0.2) is 0 Å². The van der Waals surface area contributed by atoms with Gasteiger partial charge in [-0.2, -0.15) is 0 Å². The quantitative estimate of drug-likeness (QED) is 0.785. The van der Waals surface area contributed by atoms with Crippen LogP contribution in [0.3, 0.4) is 0 Å². The Morgan fingerprint density at radius 1 is 1.50 bits per heavy atom. The Morgan fingerprint density at radius 3 is 2.94 bits per heavy atom. The standard InChI is InChI=1S/C11H15N3O2/c1-2-16-11(15)10-12-9(13-14-10)8-6-4-3-5-7(6)8/h6-8H,2-5H2,1H3,(H,12,13,14). The van der Waals surface area contributed by atoms with Crippen molar-refractivity contribution in [3.8, 4) is 0 Å². The largest absolute Gasteiger partial charge is 0.460 e. The lowest BCUT2D eigenvalue weighted by molar-refractivity contribution is 0.0512. The van der Waals surface area contributed by atoms with Crippen LogP contribution < -0.4 is 0 Å². The lowest BCUT2D eigenvalue weighted by Gasteiger charge is -1.97. The van der Waals surface area contributed by atoms with E-state index in [2.05, 4.69) is 15.2 Å². The third kappa shape index (κ3) is 1.42. The average Bonchev–Trinajstić information content (AvgIpc) is 2.76. The number of hydrogen-bond donors (Lipinski definition) is 1. The summed E-state index contributed by atoms with van der Waals surface area (Å²) in [7, 11) is 0. The minimum atomic E-state index is -0.434. The third-order valence-corrected chi connectivity index (χ3v) is 3.68. The number of esters is 1. The molecule has 1 aromatic heterocycles. The van der Waals surface area contributed by atoms with E-state index in [9.17, 15) is 4.79 Å². The lowest BCUT2D eigenvalue weighted by Crippen LogP contribution is -2.06. The number of nitrogens with one attached hydrogen (secondary N) is 1. The van der Waals surface area contributed by atoms with E-state index in [0.717, 1.165) is 17.7 Å². The van der Waals surface area contributed by atoms with Crippen molar-refractivity contribution < 1.29 is 9.53 Å². The van der Waals surface area contributed by atoms with E-state index in [1.54, 1.807) is 6.92 Å². The molecule has 0 saturated heterocycles. The molecule has 0 aromatic carbocycles. The van der Waals surface area contributed by atoms with E-state index >= 15 is 0 Å². The molecule has 0 amide bonds. The highest BCUT2D eigenvalue weighted by atomic mass is 16.5. The summed E-state index contributed by atoms with van der Waals surface area (Å²) in [6.45, 7) is 2.13. The molecular weight excluding hydrogens is 206 g/mol. The Labute approximate surface area is 93.6 Å². The molecule has 2 aliphatic rings. The van der Waals surface area contributed by atoms with E-state index in [1.165, 1.54) is 19.3 Å². The molecule has 0 aliphatic heterocycles. The normalized spacial score (nSPS) is 31.2. The number of aromatic amines is 1. The van der Waals surface area contributed by atoms with Gasteiger partial charge in [0, 0.05) is 5.92 Å². The fraction of sp³-hybridized carbons (Fsp3) is 0.727. The smallest absolute Gasteiger partial charge is 0.378 e. The Bertz CT molecular complexity index is 405. The van der Waals surface area contributed by atoms with E-state index < -0.39 is 5.97 Å². The molecule has 1 heterocycles. The van der Waals surface area contributed by atoms with Gasteiger partial charge in [-0.05, 0) is 31.6 Å². The maximum absolute atomic E-state index is 11.4. The fourth-order valence-electron chi connectivity index (χ4n) is 2.94. The first kappa shape index (κ1) is 9.81. The minimum Gasteiger partial charge on any atom is -0.460 e. The van der Waals surface area contributed by atoms with Crippen LogP contribution in [0.15, 0.2) is 0 Å². The van der Waals surface area contributed by atoms with E-state index in [-0.39, 0.29) is 5.82 Å². The van der Waals surface area contributed by atoms with Crippen molar-refractivity contribution in [2.75, 3.05) is 6.61 Å². The highest BCUT2D eigenvalue weighted by molar-refractivity contribution is 5.84. The third-order valence-electron chi connectivity index (χ3n) is 3.68. The van der Waals surface area contributed by atoms with Crippen molar-refractivity contribution in [1.29, 1.82) is 0 Å². The van der Waals surface area contributed by atoms with Gasteiger partial charge in [-0.25, -0.2) is 9.78 Å². The van der Waals surface area contributed by atoms with Crippen LogP contribution in [-0.2, 0) is 4.74 Å². The SMILES string of the molecule is CCOC(=O)c1n[nH]c(C2C3CCCC32)n1. The predicted octanol–water partition coefficient (Wildman–Crippen LogP) is 1.49. The number of ether oxygens (including phenoxy) is 1. The van der Waals surface area contributed by atoms with Crippen molar-refractivity contribution in [3.63, 3.8) is 0 Å². The highest BCUT2D eigenvalue weighted by Gasteiger charge is 2.55. The Hall–Kier alpha value is -1.39. The van der Waals surface area contributed by atoms with Crippen LogP contribution in [0.25, 0.3) is 0 Å². The van der Waals surface area contributed by atoms with Crippen LogP contribution >= 0.6 is 0 Å². The monoisotopic (exact) mass is 221 g/mol. The first-order valence-electron chi connectivity index (χ1n) is 5.90. The van der Waals surface area contributed by atoms with Crippen LogP contribution in [0.1, 0.15) is 48.5 Å². The van der Waals surface area contributed by atoms with E-state index in [1.807, 2.05) is 0 Å². The summed E-state index contributed by atoms with van der Waals surface area (Å²) in [5.41, 5.74) is 0. The molecule has 1 aromatic rings. The molecule has 2 saturated carbocycles. The summed E-state index contributed by atoms with van der Waals surface area (Å²) in [6, 6.07) is 0. The van der Waals surface area contributed by atoms with Gasteiger partial charge in [0.2, 0.25) is 0 Å². The van der Waals surface area contributed by atoms with Gasteiger partial charge >= 0.3 is 5.97 Å². The second-order valence-electron chi connectivity index (χ2n) is 4.55. The van der Waals surface area contributed by atoms with Gasteiger partial charge in [-0.1, -0.05) is 6.42 Å². The summed E-state index contributed by atoms with van der Waals surface area (Å²) < 4.78 is 4.85. The number of aromatic nitrogens is 3. The fourth-order valence-corrected chi connectivity index (χ4v) is 2.94. The van der Waals surface area contributed by atoms with Gasteiger partial charge in [0.25, 0.3) is 5.82 Å². The molecule has 2 atom stereocenters. The average molecular weight is 221 g/mol. The maximum Gasteiger partial charge on any atom is 0.378 e. The zero-order valence-electron chi connectivity index (χ0n) is 9.27. The molecule has 0 radical (unpaired) electrons. The van der Waals surface area contributed by atoms with E-state index in [0.29, 0.717) is 12.5 Å². The molecule has 2 aliphatic carbocycles. The van der Waals surface area contributed by atoms with Crippen LogP contribution in [0.4, 0.5) is 0 Å². The van der Waals surface area contributed by atoms with Gasteiger partial charge in [-0.3, -0.25) is 5.10 Å². The molecule has 86 valence electrons. The number of rotatable bonds is 3. The number of H-pyrrole nitrogens is 1. The molecule has 0 bridgehead atoms. The first-order chi connectivity index (χ1) is 7.81. The van der Waals surface area contributed by atoms with Crippen LogP contribution in [0.2, 0.25) is 0 Å². The topological polar surface area (TPSA) is 67.9 Å². The maximum atomic E-state index is 11.4. The van der Waals surface area contributed by atoms with Crippen molar-refractivity contribution in [2.24, 2.45) is 11.8 Å². The van der Waals surface area contributed by atoms with Crippen molar-refractivity contribution in [3.05, 3.63) is 11.6 Å². The molecule has 5 nitrogen and oxygen atoms in total. The highest BCUT2D eigenvalue weighted by Crippen LogP contribution is 2.62. The molecule has 0 spiro atoms.